The molecule has 0 rings (SSSR count). The fraction of sp³-hybridized carbons (Fsp3) is 0.906. The first-order valence-corrected chi connectivity index (χ1v) is 15.7. The van der Waals surface area contributed by atoms with Crippen LogP contribution >= 0.6 is 0 Å². The van der Waals surface area contributed by atoms with Crippen molar-refractivity contribution in [3.63, 3.8) is 0 Å². The summed E-state index contributed by atoms with van der Waals surface area (Å²) in [6.07, 6.45) is -1.46. The second kappa shape index (κ2) is 29.0. The maximum absolute atomic E-state index is 9.63. The Morgan fingerprint density at radius 2 is 0.756 bits per heavy atom. The Labute approximate surface area is 271 Å². The van der Waals surface area contributed by atoms with Gasteiger partial charge in [-0.15, -0.1) is 0 Å². The van der Waals surface area contributed by atoms with Gasteiger partial charge >= 0.3 is 5.97 Å². The Balaban J connectivity index is 0. The highest BCUT2D eigenvalue weighted by molar-refractivity contribution is 5.84. The van der Waals surface area contributed by atoms with Gasteiger partial charge < -0.3 is 58.0 Å². The van der Waals surface area contributed by atoms with Crippen LogP contribution in [-0.2, 0) is 47.4 Å². The minimum Gasteiger partial charge on any atom is -0.478 e. The zero-order valence-corrected chi connectivity index (χ0v) is 29.4. The molecule has 0 amide bonds. The number of carboxylic acid groups (broad SMARTS) is 1. The van der Waals surface area contributed by atoms with E-state index in [4.69, 9.17) is 52.8 Å². The van der Waals surface area contributed by atoms with Crippen LogP contribution in [-0.4, -0.2) is 149 Å². The summed E-state index contributed by atoms with van der Waals surface area (Å²) in [5.41, 5.74) is 0.176. The number of carboxylic acids is 1. The van der Waals surface area contributed by atoms with E-state index >= 15 is 0 Å². The molecule has 0 radical (unpaired) electrons. The fourth-order valence-corrected chi connectivity index (χ4v) is 3.00. The Kier molecular flexibility index (Phi) is 29.5. The van der Waals surface area contributed by atoms with Gasteiger partial charge in [0.05, 0.1) is 115 Å². The molecule has 0 aliphatic rings. The van der Waals surface area contributed by atoms with Crippen LogP contribution in [0, 0.1) is 0 Å². The van der Waals surface area contributed by atoms with Gasteiger partial charge in [0, 0.05) is 12.7 Å². The zero-order chi connectivity index (χ0) is 34.8. The van der Waals surface area contributed by atoms with Gasteiger partial charge in [-0.05, 0) is 62.3 Å². The van der Waals surface area contributed by atoms with Crippen LogP contribution in [0.2, 0.25) is 0 Å². The molecule has 0 aromatic carbocycles. The molecule has 3 N–H and O–H groups in total. The molecule has 13 heteroatoms. The summed E-state index contributed by atoms with van der Waals surface area (Å²) in [5.74, 6) is -0.935. The third-order valence-electron chi connectivity index (χ3n) is 5.86. The van der Waals surface area contributed by atoms with E-state index < -0.39 is 12.1 Å². The summed E-state index contributed by atoms with van der Waals surface area (Å²) < 4.78 is 50.8. The van der Waals surface area contributed by atoms with E-state index in [1.165, 1.54) is 14.0 Å². The average Bonchev–Trinajstić information content (AvgIpc) is 3.00. The standard InChI is InChI=1S/C28H58O11.C4H6O2/c1-20(10-29)32-11-21(2)33-12-22(3)34-13-23(4)35-14-24(5)36-15-25(6)37-16-26(7)38-17-27(8)39-19-28(30)18-31-9;1-3(2)4(5)6/h20-30H,10-19H2,1-9H3;1H2,2H3,(H,5,6). The molecule has 0 saturated heterocycles. The highest BCUT2D eigenvalue weighted by Gasteiger charge is 2.15. The van der Waals surface area contributed by atoms with Crippen molar-refractivity contribution in [2.75, 3.05) is 73.2 Å². The van der Waals surface area contributed by atoms with Crippen molar-refractivity contribution in [1.82, 2.24) is 0 Å². The van der Waals surface area contributed by atoms with Crippen LogP contribution in [0.15, 0.2) is 12.2 Å². The maximum atomic E-state index is 9.63. The largest absolute Gasteiger partial charge is 0.478 e. The molecule has 0 spiro atoms. The summed E-state index contributed by atoms with van der Waals surface area (Å²) in [7, 11) is 1.54. The first-order valence-electron chi connectivity index (χ1n) is 15.7. The van der Waals surface area contributed by atoms with Crippen molar-refractivity contribution < 1.29 is 62.7 Å². The van der Waals surface area contributed by atoms with Gasteiger partial charge in [0.25, 0.3) is 0 Å². The number of aliphatic hydroxyl groups excluding tert-OH is 2. The molecule has 0 aromatic heterocycles. The lowest BCUT2D eigenvalue weighted by Crippen LogP contribution is -2.30. The summed E-state index contributed by atoms with van der Waals surface area (Å²) in [6.45, 7) is 23.6. The molecule has 9 unspecified atom stereocenters. The van der Waals surface area contributed by atoms with E-state index in [0.717, 1.165) is 0 Å². The number of rotatable bonds is 28. The highest BCUT2D eigenvalue weighted by Crippen LogP contribution is 2.05. The first kappa shape index (κ1) is 45.9. The summed E-state index contributed by atoms with van der Waals surface area (Å²) in [4.78, 5) is 9.60. The van der Waals surface area contributed by atoms with Crippen LogP contribution in [0.1, 0.15) is 62.3 Å². The quantitative estimate of drug-likeness (QED) is 0.106. The highest BCUT2D eigenvalue weighted by atomic mass is 16.6. The molecule has 0 bridgehead atoms. The van der Waals surface area contributed by atoms with Crippen molar-refractivity contribution in [3.8, 4) is 0 Å². The molecule has 270 valence electrons. The maximum Gasteiger partial charge on any atom is 0.330 e. The topological polar surface area (TPSA) is 161 Å². The second-order valence-electron chi connectivity index (χ2n) is 11.5. The molecule has 0 heterocycles. The summed E-state index contributed by atoms with van der Waals surface area (Å²) >= 11 is 0. The van der Waals surface area contributed by atoms with E-state index in [1.54, 1.807) is 0 Å². The van der Waals surface area contributed by atoms with Gasteiger partial charge in [-0.1, -0.05) is 6.58 Å². The van der Waals surface area contributed by atoms with Gasteiger partial charge in [-0.2, -0.15) is 0 Å². The van der Waals surface area contributed by atoms with Crippen molar-refractivity contribution in [2.24, 2.45) is 0 Å². The molecule has 0 fully saturated rings. The van der Waals surface area contributed by atoms with E-state index in [0.29, 0.717) is 46.2 Å². The lowest BCUT2D eigenvalue weighted by Gasteiger charge is -2.23. The lowest BCUT2D eigenvalue weighted by atomic mass is 10.3. The first-order chi connectivity index (χ1) is 21.1. The normalized spacial score (nSPS) is 17.6. The van der Waals surface area contributed by atoms with Gasteiger partial charge in [0.1, 0.15) is 6.10 Å². The van der Waals surface area contributed by atoms with E-state index in [1.807, 2.05) is 55.4 Å². The van der Waals surface area contributed by atoms with E-state index in [-0.39, 0.29) is 74.2 Å². The molecule has 45 heavy (non-hydrogen) atoms. The van der Waals surface area contributed by atoms with E-state index in [9.17, 15) is 9.90 Å². The van der Waals surface area contributed by atoms with Crippen molar-refractivity contribution in [3.05, 3.63) is 12.2 Å². The predicted molar refractivity (Wildman–Crippen MR) is 171 cm³/mol. The van der Waals surface area contributed by atoms with Gasteiger partial charge in [0.15, 0.2) is 0 Å². The molecule has 0 aliphatic carbocycles. The molecule has 0 aromatic rings. The van der Waals surface area contributed by atoms with Gasteiger partial charge in [-0.3, -0.25) is 0 Å². The van der Waals surface area contributed by atoms with E-state index in [2.05, 4.69) is 6.58 Å². The van der Waals surface area contributed by atoms with Gasteiger partial charge in [0.2, 0.25) is 0 Å². The lowest BCUT2D eigenvalue weighted by molar-refractivity contribution is -0.132. The molecule has 0 saturated carbocycles. The third-order valence-corrected chi connectivity index (χ3v) is 5.86. The second-order valence-corrected chi connectivity index (χ2v) is 11.5. The molecular formula is C32H64O13. The number of methoxy groups -OCH3 is 1. The molecule has 0 aliphatic heterocycles. The Bertz CT molecular complexity index is 699. The number of hydrogen-bond donors (Lipinski definition) is 3. The summed E-state index contributed by atoms with van der Waals surface area (Å²) in [6, 6.07) is 0. The minimum atomic E-state index is -0.935. The number of aliphatic hydroxyl groups is 2. The van der Waals surface area contributed by atoms with Crippen molar-refractivity contribution in [2.45, 2.75) is 117 Å². The molecule has 13 nitrogen and oxygen atoms in total. The van der Waals surface area contributed by atoms with Crippen LogP contribution in [0.4, 0.5) is 0 Å². The van der Waals surface area contributed by atoms with Crippen LogP contribution in [0.25, 0.3) is 0 Å². The molecular weight excluding hydrogens is 592 g/mol. The van der Waals surface area contributed by atoms with Crippen LogP contribution in [0.5, 0.6) is 0 Å². The van der Waals surface area contributed by atoms with Crippen LogP contribution < -0.4 is 0 Å². The number of hydrogen-bond acceptors (Lipinski definition) is 12. The number of ether oxygens (including phenoxy) is 9. The Morgan fingerprint density at radius 3 is 0.956 bits per heavy atom. The Hall–Kier alpha value is -1.23. The SMILES string of the molecule is C=C(C)C(=O)O.COCC(O)COC(C)COC(C)COC(C)COC(C)COC(C)COC(C)COC(C)COC(C)CO. The third kappa shape index (κ3) is 31.2. The number of aliphatic carboxylic acids is 1. The van der Waals surface area contributed by atoms with Gasteiger partial charge in [-0.25, -0.2) is 4.79 Å². The monoisotopic (exact) mass is 656 g/mol. The summed E-state index contributed by atoms with van der Waals surface area (Å²) in [5, 5.41) is 26.5. The smallest absolute Gasteiger partial charge is 0.330 e. The number of carbonyl (C=O) groups is 1. The van der Waals surface area contributed by atoms with Crippen molar-refractivity contribution >= 4 is 5.97 Å². The van der Waals surface area contributed by atoms with Crippen LogP contribution in [0.3, 0.4) is 0 Å². The van der Waals surface area contributed by atoms with Crippen molar-refractivity contribution in [1.29, 1.82) is 0 Å². The minimum absolute atomic E-state index is 0.00388. The predicted octanol–water partition coefficient (Wildman–Crippen LogP) is 2.87. The fourth-order valence-electron chi connectivity index (χ4n) is 3.00. The Morgan fingerprint density at radius 1 is 0.533 bits per heavy atom. The zero-order valence-electron chi connectivity index (χ0n) is 29.4. The molecule has 9 atom stereocenters. The average molecular weight is 657 g/mol.